The third kappa shape index (κ3) is 3.49. The Morgan fingerprint density at radius 3 is 2.65 bits per heavy atom. The van der Waals surface area contributed by atoms with Crippen LogP contribution in [0.25, 0.3) is 0 Å². The normalized spacial score (nSPS) is 19.1. The Morgan fingerprint density at radius 1 is 1.29 bits per heavy atom. The van der Waals surface area contributed by atoms with E-state index in [0.29, 0.717) is 13.2 Å². The number of hydrogen-bond donors (Lipinski definition) is 1. The summed E-state index contributed by atoms with van der Waals surface area (Å²) in [6, 6.07) is 4.03. The van der Waals surface area contributed by atoms with Gasteiger partial charge in [-0.2, -0.15) is 0 Å². The minimum Gasteiger partial charge on any atom is -0.381 e. The lowest BCUT2D eigenvalue weighted by atomic mass is 9.94. The van der Waals surface area contributed by atoms with Crippen molar-refractivity contribution in [2.45, 2.75) is 24.9 Å². The molecular formula is C13H20N2O2. The van der Waals surface area contributed by atoms with Gasteiger partial charge in [0.25, 0.3) is 0 Å². The molecule has 17 heavy (non-hydrogen) atoms. The molecule has 0 unspecified atom stereocenters. The van der Waals surface area contributed by atoms with E-state index in [2.05, 4.69) is 4.98 Å². The summed E-state index contributed by atoms with van der Waals surface area (Å²) < 4.78 is 11.3. The summed E-state index contributed by atoms with van der Waals surface area (Å²) in [5.74, 6) is 0. The van der Waals surface area contributed by atoms with E-state index in [-0.39, 0.29) is 5.60 Å². The Morgan fingerprint density at radius 2 is 2.00 bits per heavy atom. The van der Waals surface area contributed by atoms with Gasteiger partial charge in [-0.25, -0.2) is 0 Å². The van der Waals surface area contributed by atoms with Gasteiger partial charge in [-0.3, -0.25) is 4.98 Å². The molecule has 0 saturated carbocycles. The van der Waals surface area contributed by atoms with Gasteiger partial charge in [-0.1, -0.05) is 0 Å². The van der Waals surface area contributed by atoms with Crippen molar-refractivity contribution in [2.24, 2.45) is 5.73 Å². The topological polar surface area (TPSA) is 57.4 Å². The predicted octanol–water partition coefficient (Wildman–Crippen LogP) is 1.15. The lowest BCUT2D eigenvalue weighted by molar-refractivity contribution is -0.104. The fourth-order valence-corrected chi connectivity index (χ4v) is 2.09. The maximum atomic E-state index is 6.00. The van der Waals surface area contributed by atoms with Crippen molar-refractivity contribution in [3.8, 4) is 0 Å². The lowest BCUT2D eigenvalue weighted by Gasteiger charge is -2.36. The van der Waals surface area contributed by atoms with Gasteiger partial charge >= 0.3 is 0 Å². The number of nitrogens with zero attached hydrogens (tertiary/aromatic N) is 1. The molecule has 1 fully saturated rings. The van der Waals surface area contributed by atoms with E-state index in [1.807, 2.05) is 24.5 Å². The smallest absolute Gasteiger partial charge is 0.0848 e. The van der Waals surface area contributed by atoms with Crippen LogP contribution in [-0.4, -0.2) is 37.0 Å². The number of ether oxygens (including phenoxy) is 2. The van der Waals surface area contributed by atoms with E-state index in [4.69, 9.17) is 15.2 Å². The molecule has 94 valence electrons. The van der Waals surface area contributed by atoms with Crippen LogP contribution < -0.4 is 5.73 Å². The van der Waals surface area contributed by atoms with E-state index < -0.39 is 0 Å². The van der Waals surface area contributed by atoms with E-state index in [0.717, 1.165) is 32.5 Å². The third-order valence-corrected chi connectivity index (χ3v) is 3.32. The van der Waals surface area contributed by atoms with Gasteiger partial charge in [0.1, 0.15) is 0 Å². The summed E-state index contributed by atoms with van der Waals surface area (Å²) >= 11 is 0. The Kier molecular flexibility index (Phi) is 4.48. The second-order valence-corrected chi connectivity index (χ2v) is 4.45. The largest absolute Gasteiger partial charge is 0.381 e. The molecular weight excluding hydrogens is 216 g/mol. The quantitative estimate of drug-likeness (QED) is 0.833. The van der Waals surface area contributed by atoms with Gasteiger partial charge in [-0.15, -0.1) is 0 Å². The zero-order valence-electron chi connectivity index (χ0n) is 10.1. The van der Waals surface area contributed by atoms with Gasteiger partial charge in [0.15, 0.2) is 0 Å². The molecule has 2 rings (SSSR count). The minimum atomic E-state index is -0.161. The summed E-state index contributed by atoms with van der Waals surface area (Å²) in [6.45, 7) is 2.80. The average Bonchev–Trinajstić information content (AvgIpc) is 2.41. The SMILES string of the molecule is NCC1(OCCc2ccncc2)CCOCC1. The molecule has 0 atom stereocenters. The average molecular weight is 236 g/mol. The van der Waals surface area contributed by atoms with E-state index in [1.54, 1.807) is 0 Å². The van der Waals surface area contributed by atoms with Crippen LogP contribution in [0.3, 0.4) is 0 Å². The molecule has 1 aliphatic heterocycles. The third-order valence-electron chi connectivity index (χ3n) is 3.32. The van der Waals surface area contributed by atoms with Crippen molar-refractivity contribution in [2.75, 3.05) is 26.4 Å². The van der Waals surface area contributed by atoms with Crippen molar-refractivity contribution >= 4 is 0 Å². The Labute approximate surface area is 102 Å². The molecule has 0 spiro atoms. The first kappa shape index (κ1) is 12.5. The zero-order valence-corrected chi connectivity index (χ0v) is 10.1. The summed E-state index contributed by atoms with van der Waals surface area (Å²) in [6.07, 6.45) is 6.33. The molecule has 1 saturated heterocycles. The number of hydrogen-bond acceptors (Lipinski definition) is 4. The molecule has 2 heterocycles. The first-order valence-electron chi connectivity index (χ1n) is 6.15. The summed E-state index contributed by atoms with van der Waals surface area (Å²) in [5, 5.41) is 0. The summed E-state index contributed by atoms with van der Waals surface area (Å²) in [4.78, 5) is 4.00. The molecule has 1 aromatic rings. The van der Waals surface area contributed by atoms with Gasteiger partial charge in [-0.05, 0) is 24.1 Å². The maximum Gasteiger partial charge on any atom is 0.0848 e. The molecule has 4 heteroatoms. The van der Waals surface area contributed by atoms with Gasteiger partial charge in [0.05, 0.1) is 12.2 Å². The van der Waals surface area contributed by atoms with Crippen molar-refractivity contribution < 1.29 is 9.47 Å². The monoisotopic (exact) mass is 236 g/mol. The van der Waals surface area contributed by atoms with Crippen LogP contribution in [0.15, 0.2) is 24.5 Å². The van der Waals surface area contributed by atoms with Gasteiger partial charge in [0, 0.05) is 45.0 Å². The van der Waals surface area contributed by atoms with Gasteiger partial charge in [0.2, 0.25) is 0 Å². The van der Waals surface area contributed by atoms with Crippen LogP contribution in [0.5, 0.6) is 0 Å². The van der Waals surface area contributed by atoms with E-state index in [1.165, 1.54) is 5.56 Å². The highest BCUT2D eigenvalue weighted by Crippen LogP contribution is 2.24. The number of rotatable bonds is 5. The number of pyridine rings is 1. The highest BCUT2D eigenvalue weighted by molar-refractivity contribution is 5.09. The zero-order chi connectivity index (χ0) is 12.0. The van der Waals surface area contributed by atoms with Gasteiger partial charge < -0.3 is 15.2 Å². The van der Waals surface area contributed by atoms with Crippen molar-refractivity contribution in [1.29, 1.82) is 0 Å². The van der Waals surface area contributed by atoms with E-state index >= 15 is 0 Å². The van der Waals surface area contributed by atoms with Crippen molar-refractivity contribution in [3.05, 3.63) is 30.1 Å². The molecule has 0 aliphatic carbocycles. The first-order chi connectivity index (χ1) is 8.35. The Hall–Kier alpha value is -0.970. The molecule has 1 aromatic heterocycles. The van der Waals surface area contributed by atoms with Crippen LogP contribution in [0.2, 0.25) is 0 Å². The van der Waals surface area contributed by atoms with Crippen LogP contribution in [0, 0.1) is 0 Å². The molecule has 4 nitrogen and oxygen atoms in total. The first-order valence-corrected chi connectivity index (χ1v) is 6.15. The number of nitrogens with two attached hydrogens (primary N) is 1. The molecule has 0 amide bonds. The fraction of sp³-hybridized carbons (Fsp3) is 0.615. The fourth-order valence-electron chi connectivity index (χ4n) is 2.09. The van der Waals surface area contributed by atoms with Crippen molar-refractivity contribution in [1.82, 2.24) is 4.98 Å². The summed E-state index contributed by atoms with van der Waals surface area (Å²) in [5.41, 5.74) is 6.92. The predicted molar refractivity (Wildman–Crippen MR) is 65.7 cm³/mol. The minimum absolute atomic E-state index is 0.161. The van der Waals surface area contributed by atoms with Crippen molar-refractivity contribution in [3.63, 3.8) is 0 Å². The molecule has 1 aliphatic rings. The maximum absolute atomic E-state index is 6.00. The van der Waals surface area contributed by atoms with Crippen LogP contribution in [-0.2, 0) is 15.9 Å². The molecule has 0 radical (unpaired) electrons. The highest BCUT2D eigenvalue weighted by atomic mass is 16.5. The Balaban J connectivity index is 1.80. The molecule has 2 N–H and O–H groups in total. The number of aromatic nitrogens is 1. The highest BCUT2D eigenvalue weighted by Gasteiger charge is 2.31. The molecule has 0 bridgehead atoms. The van der Waals surface area contributed by atoms with Crippen LogP contribution in [0.4, 0.5) is 0 Å². The summed E-state index contributed by atoms with van der Waals surface area (Å²) in [7, 11) is 0. The lowest BCUT2D eigenvalue weighted by Crippen LogP contribution is -2.45. The Bertz CT molecular complexity index is 323. The second kappa shape index (κ2) is 6.10. The second-order valence-electron chi connectivity index (χ2n) is 4.45. The van der Waals surface area contributed by atoms with Crippen LogP contribution >= 0.6 is 0 Å². The van der Waals surface area contributed by atoms with E-state index in [9.17, 15) is 0 Å². The molecule has 0 aromatic carbocycles. The van der Waals surface area contributed by atoms with Crippen LogP contribution in [0.1, 0.15) is 18.4 Å². The standard InChI is InChI=1S/C13H20N2O2/c14-11-13(4-9-16-10-5-13)17-8-3-12-1-6-15-7-2-12/h1-2,6-7H,3-5,8-11,14H2.